The van der Waals surface area contributed by atoms with E-state index in [1.165, 1.54) is 4.90 Å². The van der Waals surface area contributed by atoms with Crippen molar-refractivity contribution in [3.05, 3.63) is 18.0 Å². The molecule has 0 bridgehead atoms. The maximum absolute atomic E-state index is 11.3. The predicted octanol–water partition coefficient (Wildman–Crippen LogP) is -0.0192. The molecule has 0 aliphatic carbocycles. The van der Waals surface area contributed by atoms with Gasteiger partial charge in [0, 0.05) is 25.9 Å². The number of aromatic nitrogens is 2. The number of ether oxygens (including phenoxy) is 1. The Balaban J connectivity index is 2.41. The van der Waals surface area contributed by atoms with E-state index in [0.29, 0.717) is 6.54 Å². The molecule has 0 saturated carbocycles. The van der Waals surface area contributed by atoms with Gasteiger partial charge >= 0.3 is 6.09 Å². The van der Waals surface area contributed by atoms with Crippen molar-refractivity contribution in [1.29, 1.82) is 0 Å². The summed E-state index contributed by atoms with van der Waals surface area (Å²) < 4.78 is 6.41. The number of amides is 1. The molecule has 6 nitrogen and oxygen atoms in total. The van der Waals surface area contributed by atoms with Crippen LogP contribution in [-0.2, 0) is 18.3 Å². The van der Waals surface area contributed by atoms with E-state index in [1.54, 1.807) is 17.9 Å². The molecule has 0 spiro atoms. The van der Waals surface area contributed by atoms with E-state index < -0.39 is 6.09 Å². The average molecular weight is 213 g/mol. The van der Waals surface area contributed by atoms with Crippen LogP contribution in [0.2, 0.25) is 0 Å². The third-order valence-corrected chi connectivity index (χ3v) is 1.81. The van der Waals surface area contributed by atoms with Crippen molar-refractivity contribution in [2.75, 3.05) is 20.3 Å². The molecule has 1 aromatic rings. The summed E-state index contributed by atoms with van der Waals surface area (Å²) in [6.45, 7) is 0.306. The molecule has 0 radical (unpaired) electrons. The van der Waals surface area contributed by atoms with Crippen LogP contribution in [0.5, 0.6) is 0 Å². The summed E-state index contributed by atoms with van der Waals surface area (Å²) in [4.78, 5) is 12.7. The first-order valence-electron chi connectivity index (χ1n) is 4.59. The minimum Gasteiger partial charge on any atom is -0.447 e. The molecule has 0 aromatic carbocycles. The molecule has 0 saturated heterocycles. The van der Waals surface area contributed by atoms with Gasteiger partial charge in [-0.15, -0.1) is 0 Å². The topological polar surface area (TPSA) is 67.6 Å². The van der Waals surface area contributed by atoms with Gasteiger partial charge in [0.05, 0.1) is 19.3 Å². The van der Waals surface area contributed by atoms with Gasteiger partial charge in [-0.1, -0.05) is 0 Å². The van der Waals surface area contributed by atoms with E-state index in [-0.39, 0.29) is 13.2 Å². The van der Waals surface area contributed by atoms with Gasteiger partial charge < -0.3 is 14.7 Å². The quantitative estimate of drug-likeness (QED) is 0.763. The molecule has 0 aliphatic heterocycles. The molecular weight excluding hydrogens is 198 g/mol. The Labute approximate surface area is 88.1 Å². The van der Waals surface area contributed by atoms with Crippen LogP contribution in [-0.4, -0.2) is 46.1 Å². The molecule has 1 rings (SSSR count). The second kappa shape index (κ2) is 5.35. The third kappa shape index (κ3) is 3.59. The highest BCUT2D eigenvalue weighted by Gasteiger charge is 2.10. The predicted molar refractivity (Wildman–Crippen MR) is 53.1 cm³/mol. The van der Waals surface area contributed by atoms with Crippen molar-refractivity contribution in [1.82, 2.24) is 14.7 Å². The van der Waals surface area contributed by atoms with Crippen LogP contribution in [0, 0.1) is 0 Å². The van der Waals surface area contributed by atoms with Crippen molar-refractivity contribution < 1.29 is 14.6 Å². The van der Waals surface area contributed by atoms with Crippen LogP contribution >= 0.6 is 0 Å². The van der Waals surface area contributed by atoms with Gasteiger partial charge in [-0.3, -0.25) is 4.68 Å². The zero-order chi connectivity index (χ0) is 11.3. The number of aryl methyl sites for hydroxylation is 1. The van der Waals surface area contributed by atoms with Crippen LogP contribution in [0.4, 0.5) is 4.79 Å². The minimum absolute atomic E-state index is 0.0240. The van der Waals surface area contributed by atoms with Crippen molar-refractivity contribution in [2.45, 2.75) is 6.54 Å². The van der Waals surface area contributed by atoms with Gasteiger partial charge in [0.15, 0.2) is 0 Å². The first-order chi connectivity index (χ1) is 7.13. The Hall–Kier alpha value is -1.56. The Morgan fingerprint density at radius 2 is 2.47 bits per heavy atom. The van der Waals surface area contributed by atoms with Crippen LogP contribution < -0.4 is 0 Å². The molecule has 0 fully saturated rings. The van der Waals surface area contributed by atoms with E-state index in [1.807, 2.05) is 13.2 Å². The Morgan fingerprint density at radius 1 is 1.73 bits per heavy atom. The summed E-state index contributed by atoms with van der Waals surface area (Å²) in [6, 6.07) is 0. The Bertz CT molecular complexity index is 324. The molecule has 15 heavy (non-hydrogen) atoms. The minimum atomic E-state index is -0.451. The molecule has 1 N–H and O–H groups in total. The summed E-state index contributed by atoms with van der Waals surface area (Å²) in [7, 11) is 3.44. The summed E-state index contributed by atoms with van der Waals surface area (Å²) >= 11 is 0. The Kier molecular flexibility index (Phi) is 4.11. The summed E-state index contributed by atoms with van der Waals surface area (Å²) in [5.41, 5.74) is 0.931. The van der Waals surface area contributed by atoms with Gasteiger partial charge in [0.1, 0.15) is 6.61 Å². The second-order valence-corrected chi connectivity index (χ2v) is 3.22. The van der Waals surface area contributed by atoms with Crippen molar-refractivity contribution in [3.63, 3.8) is 0 Å². The second-order valence-electron chi connectivity index (χ2n) is 3.22. The van der Waals surface area contributed by atoms with Gasteiger partial charge in [-0.25, -0.2) is 4.79 Å². The molecular formula is C9H15N3O3. The van der Waals surface area contributed by atoms with Crippen LogP contribution in [0.3, 0.4) is 0 Å². The lowest BCUT2D eigenvalue weighted by atomic mass is 10.3. The zero-order valence-corrected chi connectivity index (χ0v) is 8.88. The number of aliphatic hydroxyl groups excluding tert-OH is 1. The molecule has 1 heterocycles. The normalized spacial score (nSPS) is 10.1. The van der Waals surface area contributed by atoms with Crippen LogP contribution in [0.25, 0.3) is 0 Å². The number of nitrogens with zero attached hydrogens (tertiary/aromatic N) is 3. The molecule has 0 aliphatic rings. The largest absolute Gasteiger partial charge is 0.447 e. The lowest BCUT2D eigenvalue weighted by molar-refractivity contribution is 0.0894. The molecule has 6 heteroatoms. The number of hydrogen-bond donors (Lipinski definition) is 1. The number of carbonyl (C=O) groups excluding carboxylic acids is 1. The van der Waals surface area contributed by atoms with Crippen molar-refractivity contribution in [3.8, 4) is 0 Å². The fraction of sp³-hybridized carbons (Fsp3) is 0.556. The molecule has 1 amide bonds. The maximum atomic E-state index is 11.3. The fourth-order valence-corrected chi connectivity index (χ4v) is 1.14. The lowest BCUT2D eigenvalue weighted by Crippen LogP contribution is -2.27. The van der Waals surface area contributed by atoms with E-state index in [9.17, 15) is 4.79 Å². The molecule has 0 unspecified atom stereocenters. The van der Waals surface area contributed by atoms with Gasteiger partial charge in [-0.2, -0.15) is 5.10 Å². The monoisotopic (exact) mass is 213 g/mol. The lowest BCUT2D eigenvalue weighted by Gasteiger charge is -2.15. The average Bonchev–Trinajstić information content (AvgIpc) is 2.60. The van der Waals surface area contributed by atoms with E-state index in [4.69, 9.17) is 9.84 Å². The number of carbonyl (C=O) groups is 1. The highest BCUT2D eigenvalue weighted by atomic mass is 16.6. The summed E-state index contributed by atoms with van der Waals surface area (Å²) in [6.07, 6.45) is 3.07. The molecule has 84 valence electrons. The van der Waals surface area contributed by atoms with E-state index in [2.05, 4.69) is 5.10 Å². The van der Waals surface area contributed by atoms with Gasteiger partial charge in [0.2, 0.25) is 0 Å². The summed E-state index contributed by atoms with van der Waals surface area (Å²) in [5, 5.41) is 12.5. The van der Waals surface area contributed by atoms with Gasteiger partial charge in [-0.05, 0) is 0 Å². The maximum Gasteiger partial charge on any atom is 0.409 e. The SMILES string of the molecule is CN(Cc1cnn(C)c1)C(=O)OCCO. The number of rotatable bonds is 4. The van der Waals surface area contributed by atoms with E-state index in [0.717, 1.165) is 5.56 Å². The van der Waals surface area contributed by atoms with Gasteiger partial charge in [0.25, 0.3) is 0 Å². The standard InChI is InChI=1S/C9H15N3O3/c1-11(9(14)15-4-3-13)6-8-5-10-12(2)7-8/h5,7,13H,3-4,6H2,1-2H3. The third-order valence-electron chi connectivity index (χ3n) is 1.81. The Morgan fingerprint density at radius 3 is 3.00 bits per heavy atom. The first kappa shape index (κ1) is 11.5. The highest BCUT2D eigenvalue weighted by Crippen LogP contribution is 2.02. The van der Waals surface area contributed by atoms with Crippen molar-refractivity contribution in [2.24, 2.45) is 7.05 Å². The zero-order valence-electron chi connectivity index (χ0n) is 8.88. The highest BCUT2D eigenvalue weighted by molar-refractivity contribution is 5.67. The van der Waals surface area contributed by atoms with Crippen LogP contribution in [0.15, 0.2) is 12.4 Å². The smallest absolute Gasteiger partial charge is 0.409 e. The van der Waals surface area contributed by atoms with E-state index >= 15 is 0 Å². The first-order valence-corrected chi connectivity index (χ1v) is 4.59. The fourth-order valence-electron chi connectivity index (χ4n) is 1.14. The van der Waals surface area contributed by atoms with Crippen LogP contribution in [0.1, 0.15) is 5.56 Å². The van der Waals surface area contributed by atoms with Crippen molar-refractivity contribution >= 4 is 6.09 Å². The number of hydrogen-bond acceptors (Lipinski definition) is 4. The molecule has 1 aromatic heterocycles. The number of aliphatic hydroxyl groups is 1. The molecule has 0 atom stereocenters. The summed E-state index contributed by atoms with van der Waals surface area (Å²) in [5.74, 6) is 0.